The Bertz CT molecular complexity index is 333. The van der Waals surface area contributed by atoms with E-state index < -0.39 is 15.1 Å². The fraction of sp³-hybridized carbons (Fsp3) is 0.889. The van der Waals surface area contributed by atoms with Crippen molar-refractivity contribution < 1.29 is 13.2 Å². The van der Waals surface area contributed by atoms with Crippen LogP contribution in [0.1, 0.15) is 6.92 Å². The van der Waals surface area contributed by atoms with Crippen molar-refractivity contribution in [2.75, 3.05) is 32.9 Å². The van der Waals surface area contributed by atoms with Crippen LogP contribution >= 0.6 is 0 Å². The highest BCUT2D eigenvalue weighted by molar-refractivity contribution is 7.92. The second-order valence-corrected chi connectivity index (χ2v) is 6.59. The maximum absolute atomic E-state index is 11.8. The first-order valence-electron chi connectivity index (χ1n) is 4.98. The smallest absolute Gasteiger partial charge is 0.240 e. The normalized spacial score (nSPS) is 19.4. The number of amides is 1. The Labute approximate surface area is 90.7 Å². The molecule has 0 bridgehead atoms. The highest BCUT2D eigenvalue weighted by atomic mass is 32.2. The third-order valence-corrected chi connectivity index (χ3v) is 4.88. The van der Waals surface area contributed by atoms with Crippen LogP contribution in [0.2, 0.25) is 0 Å². The molecule has 1 saturated heterocycles. The van der Waals surface area contributed by atoms with Gasteiger partial charge in [-0.25, -0.2) is 8.42 Å². The molecule has 0 aromatic heterocycles. The van der Waals surface area contributed by atoms with E-state index in [0.29, 0.717) is 0 Å². The van der Waals surface area contributed by atoms with E-state index >= 15 is 0 Å². The molecule has 0 spiro atoms. The molecule has 0 saturated carbocycles. The summed E-state index contributed by atoms with van der Waals surface area (Å²) in [6.07, 6.45) is 0. The Morgan fingerprint density at radius 2 is 2.00 bits per heavy atom. The molecular weight excluding hydrogens is 216 g/mol. The summed E-state index contributed by atoms with van der Waals surface area (Å²) in [7, 11) is -0.158. The van der Waals surface area contributed by atoms with E-state index in [1.807, 2.05) is 0 Å². The summed E-state index contributed by atoms with van der Waals surface area (Å²) < 4.78 is 23.6. The van der Waals surface area contributed by atoms with Gasteiger partial charge in [-0.3, -0.25) is 4.79 Å². The average Bonchev–Trinajstić information content (AvgIpc) is 2.09. The van der Waals surface area contributed by atoms with Gasteiger partial charge in [0.15, 0.2) is 9.84 Å². The summed E-state index contributed by atoms with van der Waals surface area (Å²) in [6.45, 7) is 2.94. The van der Waals surface area contributed by atoms with Crippen molar-refractivity contribution in [1.82, 2.24) is 10.2 Å². The zero-order chi connectivity index (χ0) is 11.6. The second kappa shape index (κ2) is 4.49. The van der Waals surface area contributed by atoms with Gasteiger partial charge in [0.1, 0.15) is 5.25 Å². The van der Waals surface area contributed by atoms with E-state index in [9.17, 15) is 13.2 Å². The van der Waals surface area contributed by atoms with E-state index in [1.54, 1.807) is 14.1 Å². The Morgan fingerprint density at radius 1 is 1.47 bits per heavy atom. The van der Waals surface area contributed by atoms with Crippen molar-refractivity contribution in [3.8, 4) is 0 Å². The minimum atomic E-state index is -3.30. The summed E-state index contributed by atoms with van der Waals surface area (Å²) in [4.78, 5) is 12.8. The van der Waals surface area contributed by atoms with Crippen LogP contribution in [0, 0.1) is 5.92 Å². The van der Waals surface area contributed by atoms with Gasteiger partial charge in [-0.1, -0.05) is 0 Å². The summed E-state index contributed by atoms with van der Waals surface area (Å²) in [5.41, 5.74) is 0. The molecule has 5 nitrogen and oxygen atoms in total. The predicted molar refractivity (Wildman–Crippen MR) is 58.3 cm³/mol. The number of nitrogens with one attached hydrogen (secondary N) is 1. The number of sulfone groups is 1. The molecule has 1 aliphatic rings. The lowest BCUT2D eigenvalue weighted by molar-refractivity contribution is -0.127. The van der Waals surface area contributed by atoms with Crippen LogP contribution in [0.5, 0.6) is 0 Å². The number of carbonyl (C=O) groups is 1. The lowest BCUT2D eigenvalue weighted by atomic mass is 10.1. The van der Waals surface area contributed by atoms with Crippen LogP contribution in [-0.2, 0) is 14.6 Å². The first-order valence-corrected chi connectivity index (χ1v) is 6.69. The summed E-state index contributed by atoms with van der Waals surface area (Å²) >= 11 is 0. The highest BCUT2D eigenvalue weighted by Gasteiger charge is 2.33. The minimum Gasteiger partial charge on any atom is -0.348 e. The number of carbonyl (C=O) groups excluding carboxylic acids is 1. The van der Waals surface area contributed by atoms with E-state index in [2.05, 4.69) is 5.32 Å². The van der Waals surface area contributed by atoms with Gasteiger partial charge in [0, 0.05) is 27.2 Å². The zero-order valence-corrected chi connectivity index (χ0v) is 10.2. The quantitative estimate of drug-likeness (QED) is 0.684. The monoisotopic (exact) mass is 234 g/mol. The van der Waals surface area contributed by atoms with E-state index in [-0.39, 0.29) is 17.6 Å². The van der Waals surface area contributed by atoms with Crippen molar-refractivity contribution in [1.29, 1.82) is 0 Å². The van der Waals surface area contributed by atoms with E-state index in [0.717, 1.165) is 13.1 Å². The second-order valence-electron chi connectivity index (χ2n) is 4.23. The third-order valence-electron chi connectivity index (χ3n) is 2.66. The SMILES string of the molecule is CC(C(=O)N(C)C)S(=O)(=O)CC1CNC1. The van der Waals surface area contributed by atoms with Crippen LogP contribution in [0.4, 0.5) is 0 Å². The van der Waals surface area contributed by atoms with Crippen molar-refractivity contribution >= 4 is 15.7 Å². The van der Waals surface area contributed by atoms with Gasteiger partial charge >= 0.3 is 0 Å². The predicted octanol–water partition coefficient (Wildman–Crippen LogP) is -0.903. The molecule has 1 N–H and O–H groups in total. The molecule has 1 heterocycles. The number of nitrogens with zero attached hydrogens (tertiary/aromatic N) is 1. The summed E-state index contributed by atoms with van der Waals surface area (Å²) in [5, 5.41) is 2.09. The van der Waals surface area contributed by atoms with Crippen molar-refractivity contribution in [3.63, 3.8) is 0 Å². The number of hydrogen-bond acceptors (Lipinski definition) is 4. The van der Waals surface area contributed by atoms with Gasteiger partial charge in [-0.05, 0) is 12.8 Å². The molecule has 15 heavy (non-hydrogen) atoms. The van der Waals surface area contributed by atoms with Gasteiger partial charge in [0.2, 0.25) is 5.91 Å². The minimum absolute atomic E-state index is 0.112. The Hall–Kier alpha value is -0.620. The van der Waals surface area contributed by atoms with E-state index in [4.69, 9.17) is 0 Å². The fourth-order valence-electron chi connectivity index (χ4n) is 1.46. The van der Waals surface area contributed by atoms with Crippen LogP contribution in [0.25, 0.3) is 0 Å². The first kappa shape index (κ1) is 12.4. The lowest BCUT2D eigenvalue weighted by Gasteiger charge is -2.28. The van der Waals surface area contributed by atoms with Crippen LogP contribution in [0.3, 0.4) is 0 Å². The van der Waals surface area contributed by atoms with Gasteiger partial charge < -0.3 is 10.2 Å². The molecule has 0 aromatic rings. The Morgan fingerprint density at radius 3 is 2.33 bits per heavy atom. The maximum Gasteiger partial charge on any atom is 0.240 e. The maximum atomic E-state index is 11.8. The summed E-state index contributed by atoms with van der Waals surface area (Å²) in [6, 6.07) is 0. The van der Waals surface area contributed by atoms with Crippen LogP contribution in [0.15, 0.2) is 0 Å². The van der Waals surface area contributed by atoms with Gasteiger partial charge in [0.05, 0.1) is 5.75 Å². The lowest BCUT2D eigenvalue weighted by Crippen LogP contribution is -2.48. The molecule has 88 valence electrons. The molecular formula is C9H18N2O3S. The van der Waals surface area contributed by atoms with Crippen molar-refractivity contribution in [2.24, 2.45) is 5.92 Å². The topological polar surface area (TPSA) is 66.5 Å². The molecule has 1 aliphatic heterocycles. The molecule has 0 radical (unpaired) electrons. The van der Waals surface area contributed by atoms with Gasteiger partial charge in [0.25, 0.3) is 0 Å². The molecule has 0 aliphatic carbocycles. The number of hydrogen-bond donors (Lipinski definition) is 1. The first-order chi connectivity index (χ1) is 6.84. The third kappa shape index (κ3) is 2.92. The Balaban J connectivity index is 2.63. The van der Waals surface area contributed by atoms with Gasteiger partial charge in [-0.15, -0.1) is 0 Å². The van der Waals surface area contributed by atoms with Crippen molar-refractivity contribution in [3.05, 3.63) is 0 Å². The molecule has 1 unspecified atom stereocenters. The number of rotatable bonds is 4. The van der Waals surface area contributed by atoms with Crippen LogP contribution in [-0.4, -0.2) is 57.4 Å². The molecule has 1 amide bonds. The molecule has 1 fully saturated rings. The average molecular weight is 234 g/mol. The largest absolute Gasteiger partial charge is 0.348 e. The highest BCUT2D eigenvalue weighted by Crippen LogP contribution is 2.12. The molecule has 6 heteroatoms. The molecule has 1 rings (SSSR count). The Kier molecular flexibility index (Phi) is 3.72. The van der Waals surface area contributed by atoms with E-state index in [1.165, 1.54) is 11.8 Å². The van der Waals surface area contributed by atoms with Crippen molar-refractivity contribution in [2.45, 2.75) is 12.2 Å². The molecule has 1 atom stereocenters. The fourth-order valence-corrected chi connectivity index (χ4v) is 3.16. The molecule has 0 aromatic carbocycles. The standard InChI is InChI=1S/C9H18N2O3S/c1-7(9(12)11(2)3)15(13,14)6-8-4-10-5-8/h7-8,10H,4-6H2,1-3H3. The van der Waals surface area contributed by atoms with Crippen LogP contribution < -0.4 is 5.32 Å². The zero-order valence-electron chi connectivity index (χ0n) is 9.36. The summed E-state index contributed by atoms with van der Waals surface area (Å²) in [5.74, 6) is -0.0597. The van der Waals surface area contributed by atoms with Gasteiger partial charge in [-0.2, -0.15) is 0 Å².